The van der Waals surface area contributed by atoms with E-state index in [9.17, 15) is 8.42 Å². The molecule has 0 amide bonds. The molecule has 0 atom stereocenters. The van der Waals surface area contributed by atoms with Crippen LogP contribution in [0.25, 0.3) is 0 Å². The fourth-order valence-corrected chi connectivity index (χ4v) is 2.36. The number of nitrogens with zero attached hydrogens (tertiary/aromatic N) is 2. The normalized spacial score (nSPS) is 11.6. The van der Waals surface area contributed by atoms with Crippen molar-refractivity contribution >= 4 is 15.7 Å². The SMILES string of the molecule is CCn1cnc(CNc2cc(S(N)(=O)=O)ccc2C)c1. The highest BCUT2D eigenvalue weighted by molar-refractivity contribution is 7.89. The Morgan fingerprint density at radius 2 is 2.15 bits per heavy atom. The minimum atomic E-state index is -3.68. The van der Waals surface area contributed by atoms with Crippen molar-refractivity contribution in [3.8, 4) is 0 Å². The van der Waals surface area contributed by atoms with Crippen LogP contribution in [0.15, 0.2) is 35.6 Å². The van der Waals surface area contributed by atoms with Gasteiger partial charge in [0.25, 0.3) is 0 Å². The van der Waals surface area contributed by atoms with E-state index < -0.39 is 10.0 Å². The Kier molecular flexibility index (Phi) is 4.10. The van der Waals surface area contributed by atoms with Crippen molar-refractivity contribution in [3.05, 3.63) is 42.0 Å². The van der Waals surface area contributed by atoms with Crippen molar-refractivity contribution < 1.29 is 8.42 Å². The molecule has 20 heavy (non-hydrogen) atoms. The number of anilines is 1. The summed E-state index contributed by atoms with van der Waals surface area (Å²) in [5.74, 6) is 0. The summed E-state index contributed by atoms with van der Waals surface area (Å²) in [7, 11) is -3.68. The molecule has 2 aromatic rings. The maximum Gasteiger partial charge on any atom is 0.238 e. The minimum absolute atomic E-state index is 0.102. The second-order valence-corrected chi connectivity index (χ2v) is 6.13. The van der Waals surface area contributed by atoms with E-state index in [1.54, 1.807) is 18.5 Å². The van der Waals surface area contributed by atoms with E-state index in [-0.39, 0.29) is 4.90 Å². The fraction of sp³-hybridized carbons (Fsp3) is 0.308. The van der Waals surface area contributed by atoms with Crippen LogP contribution in [0.4, 0.5) is 5.69 Å². The summed E-state index contributed by atoms with van der Waals surface area (Å²) in [4.78, 5) is 4.36. The zero-order chi connectivity index (χ0) is 14.8. The van der Waals surface area contributed by atoms with E-state index in [0.29, 0.717) is 6.54 Å². The van der Waals surface area contributed by atoms with Gasteiger partial charge in [0, 0.05) is 18.4 Å². The lowest BCUT2D eigenvalue weighted by atomic mass is 10.2. The van der Waals surface area contributed by atoms with Gasteiger partial charge in [-0.15, -0.1) is 0 Å². The number of aromatic nitrogens is 2. The summed E-state index contributed by atoms with van der Waals surface area (Å²) in [6.07, 6.45) is 3.72. The molecule has 0 saturated heterocycles. The smallest absolute Gasteiger partial charge is 0.238 e. The molecule has 0 fully saturated rings. The quantitative estimate of drug-likeness (QED) is 0.873. The second kappa shape index (κ2) is 5.64. The van der Waals surface area contributed by atoms with E-state index in [4.69, 9.17) is 5.14 Å². The number of imidazole rings is 1. The molecule has 0 unspecified atom stereocenters. The average Bonchev–Trinajstić information content (AvgIpc) is 2.84. The highest BCUT2D eigenvalue weighted by Gasteiger charge is 2.10. The summed E-state index contributed by atoms with van der Waals surface area (Å²) in [6, 6.07) is 4.77. The molecule has 0 aliphatic rings. The van der Waals surface area contributed by atoms with E-state index in [1.807, 2.05) is 24.6 Å². The van der Waals surface area contributed by atoms with E-state index >= 15 is 0 Å². The molecule has 0 radical (unpaired) electrons. The molecular formula is C13H18N4O2S. The Morgan fingerprint density at radius 3 is 2.75 bits per heavy atom. The molecule has 1 aromatic heterocycles. The summed E-state index contributed by atoms with van der Waals surface area (Å²) < 4.78 is 24.7. The van der Waals surface area contributed by atoms with Crippen LogP contribution in [0, 0.1) is 6.92 Å². The highest BCUT2D eigenvalue weighted by Crippen LogP contribution is 2.20. The molecule has 0 aliphatic heterocycles. The average molecular weight is 294 g/mol. The summed E-state index contributed by atoms with van der Waals surface area (Å²) in [6.45, 7) is 5.34. The Hall–Kier alpha value is -1.86. The first kappa shape index (κ1) is 14.5. The van der Waals surface area contributed by atoms with E-state index in [0.717, 1.165) is 23.5 Å². The summed E-state index contributed by atoms with van der Waals surface area (Å²) >= 11 is 0. The van der Waals surface area contributed by atoms with Gasteiger partial charge in [-0.1, -0.05) is 6.07 Å². The van der Waals surface area contributed by atoms with Gasteiger partial charge in [-0.05, 0) is 31.5 Å². The monoisotopic (exact) mass is 294 g/mol. The first-order chi connectivity index (χ1) is 9.40. The van der Waals surface area contributed by atoms with Gasteiger partial charge in [-0.3, -0.25) is 0 Å². The molecule has 0 aliphatic carbocycles. The summed E-state index contributed by atoms with van der Waals surface area (Å²) in [5, 5.41) is 8.32. The lowest BCUT2D eigenvalue weighted by molar-refractivity contribution is 0.598. The third kappa shape index (κ3) is 3.37. The first-order valence-electron chi connectivity index (χ1n) is 6.28. The molecule has 0 bridgehead atoms. The largest absolute Gasteiger partial charge is 0.379 e. The molecule has 7 heteroatoms. The number of sulfonamides is 1. The van der Waals surface area contributed by atoms with Crippen LogP contribution in [0.1, 0.15) is 18.2 Å². The number of nitrogens with two attached hydrogens (primary N) is 1. The zero-order valence-corrected chi connectivity index (χ0v) is 12.3. The molecule has 2 rings (SSSR count). The van der Waals surface area contributed by atoms with Crippen LogP contribution in [0.5, 0.6) is 0 Å². The molecule has 1 heterocycles. The molecule has 108 valence electrons. The molecule has 0 spiro atoms. The standard InChI is InChI=1S/C13H18N4O2S/c1-3-17-8-11(16-9-17)7-15-13-6-12(20(14,18)19)5-4-10(13)2/h4-6,8-9,15H,3,7H2,1-2H3,(H2,14,18,19). The number of benzene rings is 1. The lowest BCUT2D eigenvalue weighted by Crippen LogP contribution is -2.13. The van der Waals surface area contributed by atoms with Crippen LogP contribution >= 0.6 is 0 Å². The van der Waals surface area contributed by atoms with Crippen LogP contribution in [-0.2, 0) is 23.1 Å². The van der Waals surface area contributed by atoms with Crippen molar-refractivity contribution in [2.75, 3.05) is 5.32 Å². The first-order valence-corrected chi connectivity index (χ1v) is 7.82. The van der Waals surface area contributed by atoms with Gasteiger partial charge in [0.15, 0.2) is 0 Å². The van der Waals surface area contributed by atoms with Crippen molar-refractivity contribution in [2.45, 2.75) is 31.8 Å². The molecule has 1 aromatic carbocycles. The Balaban J connectivity index is 2.16. The van der Waals surface area contributed by atoms with Gasteiger partial charge in [-0.2, -0.15) is 0 Å². The zero-order valence-electron chi connectivity index (χ0n) is 11.5. The molecule has 3 N–H and O–H groups in total. The third-order valence-corrected chi connectivity index (χ3v) is 3.96. The molecular weight excluding hydrogens is 276 g/mol. The van der Waals surface area contributed by atoms with Crippen molar-refractivity contribution in [3.63, 3.8) is 0 Å². The van der Waals surface area contributed by atoms with Crippen molar-refractivity contribution in [1.82, 2.24) is 9.55 Å². The van der Waals surface area contributed by atoms with Gasteiger partial charge < -0.3 is 9.88 Å². The summed E-state index contributed by atoms with van der Waals surface area (Å²) in [5.41, 5.74) is 2.59. The third-order valence-electron chi connectivity index (χ3n) is 3.05. The topological polar surface area (TPSA) is 90.0 Å². The number of rotatable bonds is 5. The van der Waals surface area contributed by atoms with E-state index in [1.165, 1.54) is 6.07 Å². The van der Waals surface area contributed by atoms with Crippen LogP contribution in [0.3, 0.4) is 0 Å². The minimum Gasteiger partial charge on any atom is -0.379 e. The van der Waals surface area contributed by atoms with Gasteiger partial charge in [0.05, 0.1) is 23.5 Å². The maximum absolute atomic E-state index is 11.3. The number of aryl methyl sites for hydroxylation is 2. The predicted octanol–water partition coefficient (Wildman–Crippen LogP) is 1.47. The molecule has 6 nitrogen and oxygen atoms in total. The van der Waals surface area contributed by atoms with Crippen LogP contribution in [-0.4, -0.2) is 18.0 Å². The Morgan fingerprint density at radius 1 is 1.40 bits per heavy atom. The van der Waals surface area contributed by atoms with Gasteiger partial charge in [0.1, 0.15) is 0 Å². The number of hydrogen-bond donors (Lipinski definition) is 2. The van der Waals surface area contributed by atoms with Gasteiger partial charge >= 0.3 is 0 Å². The van der Waals surface area contributed by atoms with Gasteiger partial charge in [-0.25, -0.2) is 18.5 Å². The maximum atomic E-state index is 11.3. The molecule has 0 saturated carbocycles. The van der Waals surface area contributed by atoms with Crippen LogP contribution in [0.2, 0.25) is 0 Å². The Bertz CT molecular complexity index is 707. The fourth-order valence-electron chi connectivity index (χ4n) is 1.82. The number of nitrogens with one attached hydrogen (secondary N) is 1. The second-order valence-electron chi connectivity index (χ2n) is 4.57. The predicted molar refractivity (Wildman–Crippen MR) is 77.8 cm³/mol. The highest BCUT2D eigenvalue weighted by atomic mass is 32.2. The Labute approximate surface area is 118 Å². The number of hydrogen-bond acceptors (Lipinski definition) is 4. The lowest BCUT2D eigenvalue weighted by Gasteiger charge is -2.09. The van der Waals surface area contributed by atoms with Crippen molar-refractivity contribution in [2.24, 2.45) is 5.14 Å². The van der Waals surface area contributed by atoms with Crippen molar-refractivity contribution in [1.29, 1.82) is 0 Å². The van der Waals surface area contributed by atoms with E-state index in [2.05, 4.69) is 10.3 Å². The number of primary sulfonamides is 1. The van der Waals surface area contributed by atoms with Gasteiger partial charge in [0.2, 0.25) is 10.0 Å². The van der Waals surface area contributed by atoms with Crippen LogP contribution < -0.4 is 10.5 Å².